The van der Waals surface area contributed by atoms with Crippen molar-refractivity contribution in [3.05, 3.63) is 35.6 Å². The number of amides is 4. The van der Waals surface area contributed by atoms with Gasteiger partial charge in [-0.2, -0.15) is 0 Å². The average molecular weight is 327 g/mol. The summed E-state index contributed by atoms with van der Waals surface area (Å²) in [4.78, 5) is 37.8. The molecule has 24 heavy (non-hydrogen) atoms. The first-order chi connectivity index (χ1) is 11.5. The molecule has 2 fully saturated rings. The summed E-state index contributed by atoms with van der Waals surface area (Å²) < 4.78 is 5.73. The first kappa shape index (κ1) is 14.7. The number of rotatable bonds is 1. The van der Waals surface area contributed by atoms with Crippen molar-refractivity contribution in [3.8, 4) is 0 Å². The van der Waals surface area contributed by atoms with Crippen LogP contribution in [0.2, 0.25) is 0 Å². The fourth-order valence-electron chi connectivity index (χ4n) is 3.49. The predicted octanol–water partition coefficient (Wildman–Crippen LogP) is 1.56. The smallest absolute Gasteiger partial charge is 0.322 e. The summed E-state index contributed by atoms with van der Waals surface area (Å²) in [7, 11) is 0. The van der Waals surface area contributed by atoms with E-state index in [9.17, 15) is 14.4 Å². The lowest BCUT2D eigenvalue weighted by Crippen LogP contribution is -2.55. The maximum atomic E-state index is 12.8. The Morgan fingerprint density at radius 1 is 1.21 bits per heavy atom. The van der Waals surface area contributed by atoms with Crippen LogP contribution in [0.15, 0.2) is 28.7 Å². The van der Waals surface area contributed by atoms with Gasteiger partial charge in [-0.05, 0) is 25.8 Å². The number of furan rings is 1. The normalized spacial score (nSPS) is 19.6. The zero-order valence-electron chi connectivity index (χ0n) is 13.2. The Balaban J connectivity index is 1.55. The van der Waals surface area contributed by atoms with Crippen molar-refractivity contribution in [2.45, 2.75) is 25.3 Å². The van der Waals surface area contributed by atoms with Crippen LogP contribution in [0.5, 0.6) is 0 Å². The van der Waals surface area contributed by atoms with Crippen molar-refractivity contribution in [2.24, 2.45) is 0 Å². The van der Waals surface area contributed by atoms with Gasteiger partial charge >= 0.3 is 6.03 Å². The van der Waals surface area contributed by atoms with Crippen LogP contribution in [0.4, 0.5) is 4.79 Å². The molecule has 2 aromatic rings. The maximum Gasteiger partial charge on any atom is 0.322 e. The molecule has 0 bridgehead atoms. The number of nitrogens with zero attached hydrogens (tertiary/aromatic N) is 1. The third-order valence-electron chi connectivity index (χ3n) is 4.96. The second-order valence-corrected chi connectivity index (χ2v) is 6.33. The van der Waals surface area contributed by atoms with Crippen LogP contribution >= 0.6 is 0 Å². The van der Waals surface area contributed by atoms with E-state index in [1.54, 1.807) is 4.90 Å². The number of imide groups is 1. The minimum absolute atomic E-state index is 0.178. The molecule has 1 aromatic carbocycles. The first-order valence-corrected chi connectivity index (χ1v) is 7.91. The summed E-state index contributed by atoms with van der Waals surface area (Å²) in [5.41, 5.74) is 0.633. The Bertz CT molecular complexity index is 862. The van der Waals surface area contributed by atoms with Crippen molar-refractivity contribution in [2.75, 3.05) is 13.1 Å². The van der Waals surface area contributed by atoms with Crippen molar-refractivity contribution in [1.29, 1.82) is 0 Å². The van der Waals surface area contributed by atoms with Crippen LogP contribution in [0.25, 0.3) is 11.0 Å². The molecule has 2 N–H and O–H groups in total. The minimum atomic E-state index is -0.878. The molecule has 124 valence electrons. The number of likely N-dealkylation sites (tertiary alicyclic amines) is 1. The fraction of sp³-hybridized carbons (Fsp3) is 0.353. The average Bonchev–Trinajstić information content (AvgIpc) is 3.05. The van der Waals surface area contributed by atoms with Crippen LogP contribution in [0, 0.1) is 6.92 Å². The van der Waals surface area contributed by atoms with Gasteiger partial charge in [0.15, 0.2) is 5.76 Å². The number of nitrogens with one attached hydrogen (secondary N) is 2. The van der Waals surface area contributed by atoms with Crippen LogP contribution < -0.4 is 10.6 Å². The topological polar surface area (TPSA) is 91.7 Å². The molecule has 2 aliphatic heterocycles. The minimum Gasteiger partial charge on any atom is -0.451 e. The highest BCUT2D eigenvalue weighted by molar-refractivity contribution is 6.07. The Morgan fingerprint density at radius 3 is 2.54 bits per heavy atom. The number of para-hydroxylation sites is 1. The number of hydrogen-bond donors (Lipinski definition) is 2. The van der Waals surface area contributed by atoms with Crippen LogP contribution in [-0.2, 0) is 4.79 Å². The molecule has 0 saturated carbocycles. The van der Waals surface area contributed by atoms with E-state index >= 15 is 0 Å². The molecular formula is C17H17N3O4. The molecule has 4 rings (SSSR count). The van der Waals surface area contributed by atoms with E-state index in [1.165, 1.54) is 0 Å². The summed E-state index contributed by atoms with van der Waals surface area (Å²) in [6.45, 7) is 2.65. The molecule has 0 atom stereocenters. The number of fused-ring (bicyclic) bond motifs is 1. The number of urea groups is 1. The Labute approximate surface area is 138 Å². The summed E-state index contributed by atoms with van der Waals surface area (Å²) in [5.74, 6) is -0.144. The molecule has 2 saturated heterocycles. The lowest BCUT2D eigenvalue weighted by molar-refractivity contribution is -0.125. The van der Waals surface area contributed by atoms with Gasteiger partial charge in [-0.3, -0.25) is 14.9 Å². The van der Waals surface area contributed by atoms with Gasteiger partial charge in [0, 0.05) is 24.0 Å². The standard InChI is InChI=1S/C17H17N3O4/c1-10-11-4-2-3-5-12(11)24-13(10)14(21)20-8-6-17(7-9-20)15(22)18-16(23)19-17/h2-5H,6-9H2,1H3,(H2,18,19,22,23). The van der Waals surface area contributed by atoms with Gasteiger partial charge in [0.05, 0.1) is 0 Å². The van der Waals surface area contributed by atoms with E-state index in [4.69, 9.17) is 4.42 Å². The molecule has 2 aliphatic rings. The Hall–Kier alpha value is -2.83. The molecular weight excluding hydrogens is 310 g/mol. The molecule has 3 heterocycles. The van der Waals surface area contributed by atoms with Gasteiger partial charge in [0.1, 0.15) is 11.1 Å². The summed E-state index contributed by atoms with van der Waals surface area (Å²) in [6.07, 6.45) is 0.797. The Morgan fingerprint density at radius 2 is 1.92 bits per heavy atom. The third-order valence-corrected chi connectivity index (χ3v) is 4.96. The summed E-state index contributed by atoms with van der Waals surface area (Å²) in [5, 5.41) is 5.89. The number of carbonyl (C=O) groups is 3. The maximum absolute atomic E-state index is 12.8. The molecule has 7 nitrogen and oxygen atoms in total. The van der Waals surface area contributed by atoms with Gasteiger partial charge in [-0.25, -0.2) is 4.79 Å². The van der Waals surface area contributed by atoms with Crippen molar-refractivity contribution >= 4 is 28.8 Å². The first-order valence-electron chi connectivity index (χ1n) is 7.91. The monoisotopic (exact) mass is 327 g/mol. The number of piperidine rings is 1. The zero-order valence-corrected chi connectivity index (χ0v) is 13.2. The lowest BCUT2D eigenvalue weighted by Gasteiger charge is -2.36. The fourth-order valence-corrected chi connectivity index (χ4v) is 3.49. The molecule has 0 aliphatic carbocycles. The van der Waals surface area contributed by atoms with Crippen LogP contribution in [-0.4, -0.2) is 41.4 Å². The SMILES string of the molecule is Cc1c(C(=O)N2CCC3(CC2)NC(=O)NC3=O)oc2ccccc12. The van der Waals surface area contributed by atoms with Crippen molar-refractivity contribution < 1.29 is 18.8 Å². The number of hydrogen-bond acceptors (Lipinski definition) is 4. The predicted molar refractivity (Wildman–Crippen MR) is 85.5 cm³/mol. The number of benzene rings is 1. The number of carbonyl (C=O) groups excluding carboxylic acids is 3. The highest BCUT2D eigenvalue weighted by atomic mass is 16.3. The molecule has 1 aromatic heterocycles. The van der Waals surface area contributed by atoms with E-state index in [1.807, 2.05) is 31.2 Å². The molecule has 7 heteroatoms. The zero-order chi connectivity index (χ0) is 16.9. The Kier molecular flexibility index (Phi) is 3.13. The van der Waals surface area contributed by atoms with Gasteiger partial charge in [0.2, 0.25) is 0 Å². The quantitative estimate of drug-likeness (QED) is 0.778. The molecule has 1 spiro atoms. The summed E-state index contributed by atoms with van der Waals surface area (Å²) >= 11 is 0. The summed E-state index contributed by atoms with van der Waals surface area (Å²) in [6, 6.07) is 7.07. The van der Waals surface area contributed by atoms with E-state index in [-0.39, 0.29) is 11.8 Å². The highest BCUT2D eigenvalue weighted by Crippen LogP contribution is 2.29. The largest absolute Gasteiger partial charge is 0.451 e. The molecule has 0 unspecified atom stereocenters. The van der Waals surface area contributed by atoms with E-state index in [0.717, 1.165) is 10.9 Å². The van der Waals surface area contributed by atoms with Gasteiger partial charge < -0.3 is 14.6 Å². The van der Waals surface area contributed by atoms with Crippen LogP contribution in [0.1, 0.15) is 29.0 Å². The van der Waals surface area contributed by atoms with Crippen molar-refractivity contribution in [1.82, 2.24) is 15.5 Å². The van der Waals surface area contributed by atoms with Gasteiger partial charge in [-0.15, -0.1) is 0 Å². The lowest BCUT2D eigenvalue weighted by atomic mass is 9.87. The molecule has 0 radical (unpaired) electrons. The number of aryl methyl sites for hydroxylation is 1. The highest BCUT2D eigenvalue weighted by Gasteiger charge is 2.48. The van der Waals surface area contributed by atoms with E-state index < -0.39 is 11.6 Å². The van der Waals surface area contributed by atoms with E-state index in [0.29, 0.717) is 37.3 Å². The van der Waals surface area contributed by atoms with E-state index in [2.05, 4.69) is 10.6 Å². The van der Waals surface area contributed by atoms with Crippen molar-refractivity contribution in [3.63, 3.8) is 0 Å². The van der Waals surface area contributed by atoms with Gasteiger partial charge in [0.25, 0.3) is 11.8 Å². The molecule has 4 amide bonds. The second-order valence-electron chi connectivity index (χ2n) is 6.33. The van der Waals surface area contributed by atoms with Gasteiger partial charge in [-0.1, -0.05) is 18.2 Å². The second kappa shape index (κ2) is 5.09. The van der Waals surface area contributed by atoms with Crippen LogP contribution in [0.3, 0.4) is 0 Å². The third kappa shape index (κ3) is 2.08.